The van der Waals surface area contributed by atoms with Gasteiger partial charge >= 0.3 is 5.97 Å². The molecule has 24 heavy (non-hydrogen) atoms. The second-order valence-corrected chi connectivity index (χ2v) is 5.35. The van der Waals surface area contributed by atoms with Gasteiger partial charge in [0.1, 0.15) is 16.8 Å². The summed E-state index contributed by atoms with van der Waals surface area (Å²) >= 11 is 0. The zero-order valence-electron chi connectivity index (χ0n) is 12.6. The molecule has 0 aliphatic rings. The van der Waals surface area contributed by atoms with E-state index in [1.54, 1.807) is 18.2 Å². The largest absolute Gasteiger partial charge is 0.508 e. The lowest BCUT2D eigenvalue weighted by Gasteiger charge is -2.01. The molecule has 120 valence electrons. The molecule has 2 aromatic carbocycles. The number of nitrogens with zero attached hydrogens (tertiary/aromatic N) is 1. The molecule has 6 nitrogen and oxygen atoms in total. The van der Waals surface area contributed by atoms with Crippen LogP contribution in [0.5, 0.6) is 5.75 Å². The van der Waals surface area contributed by atoms with Crippen LogP contribution in [0.3, 0.4) is 0 Å². The number of benzene rings is 2. The van der Waals surface area contributed by atoms with Crippen molar-refractivity contribution in [3.8, 4) is 5.75 Å². The average Bonchev–Trinajstić information content (AvgIpc) is 3.16. The van der Waals surface area contributed by atoms with E-state index in [1.165, 1.54) is 12.3 Å². The van der Waals surface area contributed by atoms with Crippen molar-refractivity contribution < 1.29 is 23.5 Å². The number of aromatic nitrogens is 1. The maximum Gasteiger partial charge on any atom is 0.310 e. The van der Waals surface area contributed by atoms with Gasteiger partial charge in [0, 0.05) is 17.0 Å². The Hall–Kier alpha value is -3.28. The van der Waals surface area contributed by atoms with E-state index in [9.17, 15) is 9.90 Å². The highest BCUT2D eigenvalue weighted by molar-refractivity contribution is 5.86. The van der Waals surface area contributed by atoms with Crippen LogP contribution in [0.25, 0.3) is 22.1 Å². The third-order valence-corrected chi connectivity index (χ3v) is 3.67. The van der Waals surface area contributed by atoms with E-state index in [0.29, 0.717) is 22.6 Å². The molecule has 0 aliphatic heterocycles. The number of furan rings is 1. The third-order valence-electron chi connectivity index (χ3n) is 3.67. The van der Waals surface area contributed by atoms with Crippen LogP contribution in [-0.4, -0.2) is 16.1 Å². The van der Waals surface area contributed by atoms with E-state index >= 15 is 0 Å². The number of aromatic hydroxyl groups is 1. The Morgan fingerprint density at radius 1 is 1.17 bits per heavy atom. The maximum atomic E-state index is 12.0. The molecule has 0 unspecified atom stereocenters. The standard InChI is InChI=1S/C18H13NO5/c20-12-5-6-13-11(9-22-16(13)8-12)7-18(21)23-10-17-19-14-3-1-2-4-15(14)24-17/h1-6,8-9,20H,7,10H2. The minimum atomic E-state index is -0.409. The molecule has 0 spiro atoms. The van der Waals surface area contributed by atoms with Crippen LogP contribution in [0, 0.1) is 0 Å². The molecule has 0 bridgehead atoms. The highest BCUT2D eigenvalue weighted by Gasteiger charge is 2.13. The summed E-state index contributed by atoms with van der Waals surface area (Å²) in [6, 6.07) is 12.1. The van der Waals surface area contributed by atoms with Gasteiger partial charge in [-0.15, -0.1) is 0 Å². The fraction of sp³-hybridized carbons (Fsp3) is 0.111. The van der Waals surface area contributed by atoms with Crippen LogP contribution in [0.1, 0.15) is 11.5 Å². The number of carbonyl (C=O) groups is 1. The fourth-order valence-corrected chi connectivity index (χ4v) is 2.54. The van der Waals surface area contributed by atoms with Gasteiger partial charge in [0.2, 0.25) is 5.89 Å². The van der Waals surface area contributed by atoms with E-state index in [-0.39, 0.29) is 18.8 Å². The number of esters is 1. The number of oxazole rings is 1. The number of carbonyl (C=O) groups excluding carboxylic acids is 1. The molecule has 0 saturated heterocycles. The van der Waals surface area contributed by atoms with E-state index in [1.807, 2.05) is 18.2 Å². The molecule has 0 saturated carbocycles. The number of hydrogen-bond donors (Lipinski definition) is 1. The monoisotopic (exact) mass is 323 g/mol. The summed E-state index contributed by atoms with van der Waals surface area (Å²) in [7, 11) is 0. The number of phenols is 1. The van der Waals surface area contributed by atoms with Crippen molar-refractivity contribution in [2.75, 3.05) is 0 Å². The second kappa shape index (κ2) is 5.73. The third kappa shape index (κ3) is 2.69. The minimum absolute atomic E-state index is 0.0237. The van der Waals surface area contributed by atoms with Crippen molar-refractivity contribution in [2.24, 2.45) is 0 Å². The topological polar surface area (TPSA) is 85.7 Å². The summed E-state index contributed by atoms with van der Waals surface area (Å²) in [4.78, 5) is 16.3. The highest BCUT2D eigenvalue weighted by Crippen LogP contribution is 2.25. The Morgan fingerprint density at radius 3 is 2.92 bits per heavy atom. The van der Waals surface area contributed by atoms with Gasteiger partial charge in [-0.1, -0.05) is 12.1 Å². The Bertz CT molecular complexity index is 997. The summed E-state index contributed by atoms with van der Waals surface area (Å²) < 4.78 is 16.1. The van der Waals surface area contributed by atoms with Crippen molar-refractivity contribution in [2.45, 2.75) is 13.0 Å². The first-order chi connectivity index (χ1) is 11.7. The molecule has 4 aromatic rings. The summed E-state index contributed by atoms with van der Waals surface area (Å²) in [6.45, 7) is -0.0237. The van der Waals surface area contributed by atoms with Crippen LogP contribution in [0.15, 0.2) is 57.6 Å². The lowest BCUT2D eigenvalue weighted by Crippen LogP contribution is -2.07. The first-order valence-corrected chi connectivity index (χ1v) is 7.38. The average molecular weight is 323 g/mol. The van der Waals surface area contributed by atoms with Crippen LogP contribution >= 0.6 is 0 Å². The summed E-state index contributed by atoms with van der Waals surface area (Å²) in [6.07, 6.45) is 1.56. The second-order valence-electron chi connectivity index (χ2n) is 5.35. The highest BCUT2D eigenvalue weighted by atomic mass is 16.5. The van der Waals surface area contributed by atoms with Crippen LogP contribution < -0.4 is 0 Å². The summed E-state index contributed by atoms with van der Waals surface area (Å²) in [5, 5.41) is 10.2. The molecule has 1 N–H and O–H groups in total. The van der Waals surface area contributed by atoms with Gasteiger partial charge in [0.15, 0.2) is 12.2 Å². The van der Waals surface area contributed by atoms with Crippen molar-refractivity contribution in [3.05, 3.63) is 60.2 Å². The van der Waals surface area contributed by atoms with Gasteiger partial charge in [0.25, 0.3) is 0 Å². The summed E-state index contributed by atoms with van der Waals surface area (Å²) in [5.74, 6) is 0.0569. The van der Waals surface area contributed by atoms with Gasteiger partial charge < -0.3 is 18.7 Å². The predicted molar refractivity (Wildman–Crippen MR) is 85.4 cm³/mol. The van der Waals surface area contributed by atoms with Gasteiger partial charge in [-0.3, -0.25) is 4.79 Å². The van der Waals surface area contributed by atoms with Crippen LogP contribution in [0.4, 0.5) is 0 Å². The smallest absolute Gasteiger partial charge is 0.310 e. The molecule has 0 fully saturated rings. The first-order valence-electron chi connectivity index (χ1n) is 7.38. The minimum Gasteiger partial charge on any atom is -0.508 e. The number of fused-ring (bicyclic) bond motifs is 2. The molecule has 2 aromatic heterocycles. The zero-order valence-corrected chi connectivity index (χ0v) is 12.6. The Labute approximate surface area is 136 Å². The van der Waals surface area contributed by atoms with Gasteiger partial charge in [0.05, 0.1) is 12.7 Å². The van der Waals surface area contributed by atoms with E-state index in [2.05, 4.69) is 4.98 Å². The molecule has 2 heterocycles. The van der Waals surface area contributed by atoms with Gasteiger partial charge in [-0.2, -0.15) is 0 Å². The Balaban J connectivity index is 1.44. The summed E-state index contributed by atoms with van der Waals surface area (Å²) in [5.41, 5.74) is 2.61. The van der Waals surface area contributed by atoms with Gasteiger partial charge in [-0.05, 0) is 24.3 Å². The molecule has 0 aliphatic carbocycles. The quantitative estimate of drug-likeness (QED) is 0.578. The van der Waals surface area contributed by atoms with Crippen molar-refractivity contribution >= 4 is 28.0 Å². The fourth-order valence-electron chi connectivity index (χ4n) is 2.54. The molecule has 4 rings (SSSR count). The number of ether oxygens (including phenoxy) is 1. The van der Waals surface area contributed by atoms with Crippen molar-refractivity contribution in [3.63, 3.8) is 0 Å². The zero-order chi connectivity index (χ0) is 16.5. The van der Waals surface area contributed by atoms with E-state index < -0.39 is 5.97 Å². The number of phenolic OH excluding ortho intramolecular Hbond substituents is 1. The maximum absolute atomic E-state index is 12.0. The molecular weight excluding hydrogens is 310 g/mol. The SMILES string of the molecule is O=C(Cc1coc2cc(O)ccc12)OCc1nc2ccccc2o1. The van der Waals surface area contributed by atoms with E-state index in [4.69, 9.17) is 13.6 Å². The van der Waals surface area contributed by atoms with Crippen LogP contribution in [-0.2, 0) is 22.6 Å². The predicted octanol–water partition coefficient (Wildman–Crippen LogP) is 3.57. The van der Waals surface area contributed by atoms with E-state index in [0.717, 1.165) is 10.9 Å². The number of para-hydroxylation sites is 2. The lowest BCUT2D eigenvalue weighted by molar-refractivity contribution is -0.144. The first kappa shape index (κ1) is 14.3. The Morgan fingerprint density at radius 2 is 2.04 bits per heavy atom. The van der Waals surface area contributed by atoms with Crippen molar-refractivity contribution in [1.29, 1.82) is 0 Å². The lowest BCUT2D eigenvalue weighted by atomic mass is 10.1. The molecule has 0 radical (unpaired) electrons. The Kier molecular flexibility index (Phi) is 3.42. The molecule has 6 heteroatoms. The normalized spacial score (nSPS) is 11.2. The number of rotatable bonds is 4. The van der Waals surface area contributed by atoms with Crippen LogP contribution in [0.2, 0.25) is 0 Å². The van der Waals surface area contributed by atoms with Gasteiger partial charge in [-0.25, -0.2) is 4.98 Å². The molecule has 0 atom stereocenters. The molecular formula is C18H13NO5. The number of hydrogen-bond acceptors (Lipinski definition) is 6. The van der Waals surface area contributed by atoms with Crippen molar-refractivity contribution in [1.82, 2.24) is 4.98 Å². The molecule has 0 amide bonds.